The van der Waals surface area contributed by atoms with E-state index < -0.39 is 23.4 Å². The van der Waals surface area contributed by atoms with Crippen LogP contribution in [0, 0.1) is 11.8 Å². The van der Waals surface area contributed by atoms with E-state index in [1.807, 2.05) is 0 Å². The highest BCUT2D eigenvalue weighted by molar-refractivity contribution is 7.18. The summed E-state index contributed by atoms with van der Waals surface area (Å²) in [6.45, 7) is 6.94. The van der Waals surface area contributed by atoms with Crippen molar-refractivity contribution in [3.05, 3.63) is 52.3 Å². The van der Waals surface area contributed by atoms with Crippen LogP contribution in [-0.2, 0) is 11.8 Å². The number of rotatable bonds is 9. The first-order chi connectivity index (χ1) is 20.4. The van der Waals surface area contributed by atoms with E-state index in [9.17, 15) is 23.1 Å². The number of pyridine rings is 1. The molecule has 2 aliphatic rings. The number of nitrogens with one attached hydrogen (secondary N) is 1. The van der Waals surface area contributed by atoms with E-state index in [-0.39, 0.29) is 12.3 Å². The molecule has 1 saturated heterocycles. The Labute approximate surface area is 254 Å². The molecule has 0 atom stereocenters. The van der Waals surface area contributed by atoms with E-state index in [0.29, 0.717) is 23.1 Å². The topological polar surface area (TPSA) is 98.6 Å². The van der Waals surface area contributed by atoms with Crippen molar-refractivity contribution in [2.24, 2.45) is 11.8 Å². The Hall–Kier alpha value is -2.60. The van der Waals surface area contributed by atoms with Gasteiger partial charge in [0.15, 0.2) is 0 Å². The number of amides is 1. The second-order valence-corrected chi connectivity index (χ2v) is 13.7. The van der Waals surface area contributed by atoms with Crippen molar-refractivity contribution in [1.82, 2.24) is 14.9 Å². The zero-order valence-corrected chi connectivity index (χ0v) is 25.6. The van der Waals surface area contributed by atoms with Crippen LogP contribution >= 0.6 is 11.3 Å². The summed E-state index contributed by atoms with van der Waals surface area (Å²) in [6, 6.07) is 6.72. The Morgan fingerprint density at radius 2 is 1.77 bits per heavy atom. The zero-order chi connectivity index (χ0) is 30.8. The molecule has 1 saturated carbocycles. The van der Waals surface area contributed by atoms with E-state index in [2.05, 4.69) is 15.2 Å². The number of aliphatic hydroxyl groups excluding tert-OH is 1. The molecule has 43 heavy (non-hydrogen) atoms. The van der Waals surface area contributed by atoms with Gasteiger partial charge in [0.2, 0.25) is 0 Å². The number of thiazole rings is 1. The van der Waals surface area contributed by atoms with Crippen LogP contribution in [0.1, 0.15) is 97.9 Å². The Morgan fingerprint density at radius 3 is 2.42 bits per heavy atom. The molecule has 1 aromatic carbocycles. The SMILES string of the molecule is CC(C)(O)c1cc2nc(C3CCC(CN4CCC(CCCO)CC4)CC3)sc2cc1NC(=O)c1cccc(C(F)(F)F)n1. The number of fused-ring (bicyclic) bond motifs is 1. The van der Waals surface area contributed by atoms with Gasteiger partial charge in [0, 0.05) is 30.3 Å². The van der Waals surface area contributed by atoms with Gasteiger partial charge in [-0.2, -0.15) is 13.2 Å². The number of likely N-dealkylation sites (tertiary alicyclic amines) is 1. The van der Waals surface area contributed by atoms with Crippen molar-refractivity contribution in [2.45, 2.75) is 82.9 Å². The molecule has 3 N–H and O–H groups in total. The number of anilines is 1. The molecule has 1 aliphatic carbocycles. The van der Waals surface area contributed by atoms with Crippen molar-refractivity contribution in [3.63, 3.8) is 0 Å². The third-order valence-electron chi connectivity index (χ3n) is 8.91. The summed E-state index contributed by atoms with van der Waals surface area (Å²) in [5.41, 5.74) is -1.33. The molecule has 3 aromatic rings. The van der Waals surface area contributed by atoms with Gasteiger partial charge < -0.3 is 20.4 Å². The number of carbonyl (C=O) groups is 1. The summed E-state index contributed by atoms with van der Waals surface area (Å²) in [7, 11) is 0. The first kappa shape index (κ1) is 31.8. The fraction of sp³-hybridized carbons (Fsp3) is 0.594. The van der Waals surface area contributed by atoms with E-state index in [1.54, 1.807) is 37.3 Å². The summed E-state index contributed by atoms with van der Waals surface area (Å²) in [4.78, 5) is 24.0. The fourth-order valence-corrected chi connectivity index (χ4v) is 7.63. The number of halogens is 3. The average molecular weight is 619 g/mol. The standard InChI is InChI=1S/C32H41F3N4O3S/c1-31(2,42)23-17-26-27(18-25(23)37-29(41)24-6-3-7-28(36-24)32(33,34)35)43-30(38-26)22-10-8-21(9-11-22)19-39-14-12-20(13-15-39)5-4-16-40/h3,6-7,17-18,20-22,40,42H,4-5,8-16,19H2,1-2H3,(H,37,41). The van der Waals surface area contributed by atoms with Gasteiger partial charge in [-0.1, -0.05) is 6.07 Å². The second-order valence-electron chi connectivity index (χ2n) is 12.7. The van der Waals surface area contributed by atoms with Crippen molar-refractivity contribution < 1.29 is 28.2 Å². The molecule has 2 aromatic heterocycles. The average Bonchev–Trinajstić information content (AvgIpc) is 3.39. The number of piperidine rings is 1. The van der Waals surface area contributed by atoms with Crippen LogP contribution in [0.2, 0.25) is 0 Å². The maximum atomic E-state index is 13.1. The summed E-state index contributed by atoms with van der Waals surface area (Å²) >= 11 is 1.57. The molecule has 0 spiro atoms. The Kier molecular flexibility index (Phi) is 9.75. The molecule has 11 heteroatoms. The Bertz CT molecular complexity index is 1410. The number of aromatic nitrogens is 2. The lowest BCUT2D eigenvalue weighted by molar-refractivity contribution is -0.141. The third kappa shape index (κ3) is 7.92. The number of hydrogen-bond donors (Lipinski definition) is 3. The molecule has 2 fully saturated rings. The van der Waals surface area contributed by atoms with Gasteiger partial charge in [0.25, 0.3) is 5.91 Å². The Balaban J connectivity index is 1.25. The minimum Gasteiger partial charge on any atom is -0.396 e. The van der Waals surface area contributed by atoms with Crippen LogP contribution in [0.4, 0.5) is 18.9 Å². The molecule has 1 aliphatic heterocycles. The predicted molar refractivity (Wildman–Crippen MR) is 162 cm³/mol. The summed E-state index contributed by atoms with van der Waals surface area (Å²) in [5.74, 6) is 1.01. The first-order valence-electron chi connectivity index (χ1n) is 15.3. The molecule has 5 rings (SSSR count). The highest BCUT2D eigenvalue weighted by atomic mass is 32.1. The van der Waals surface area contributed by atoms with E-state index in [4.69, 9.17) is 10.1 Å². The molecular formula is C32H41F3N4O3S. The van der Waals surface area contributed by atoms with Crippen LogP contribution in [0.25, 0.3) is 10.2 Å². The molecule has 3 heterocycles. The second kappa shape index (κ2) is 13.2. The smallest absolute Gasteiger partial charge is 0.396 e. The van der Waals surface area contributed by atoms with Crippen molar-refractivity contribution >= 4 is 33.1 Å². The first-order valence-corrected chi connectivity index (χ1v) is 16.1. The zero-order valence-electron chi connectivity index (χ0n) is 24.8. The summed E-state index contributed by atoms with van der Waals surface area (Å²) in [6.07, 6.45) is 4.29. The highest BCUT2D eigenvalue weighted by Gasteiger charge is 2.33. The molecule has 234 valence electrons. The maximum Gasteiger partial charge on any atom is 0.433 e. The lowest BCUT2D eigenvalue weighted by Gasteiger charge is -2.36. The normalized spacial score (nSPS) is 20.9. The van der Waals surface area contributed by atoms with Crippen molar-refractivity contribution in [1.29, 1.82) is 0 Å². The largest absolute Gasteiger partial charge is 0.433 e. The van der Waals surface area contributed by atoms with Gasteiger partial charge in [0.1, 0.15) is 11.4 Å². The third-order valence-corrected chi connectivity index (χ3v) is 10.1. The van der Waals surface area contributed by atoms with Crippen LogP contribution in [0.5, 0.6) is 0 Å². The number of benzene rings is 1. The van der Waals surface area contributed by atoms with E-state index >= 15 is 0 Å². The fourth-order valence-electron chi connectivity index (χ4n) is 6.48. The predicted octanol–water partition coefficient (Wildman–Crippen LogP) is 6.95. The quantitative estimate of drug-likeness (QED) is 0.240. The van der Waals surface area contributed by atoms with Gasteiger partial charge in [-0.05, 0) is 114 Å². The molecule has 0 bridgehead atoms. The summed E-state index contributed by atoms with van der Waals surface area (Å²) < 4.78 is 40.3. The number of carbonyl (C=O) groups excluding carboxylic acids is 1. The molecular weight excluding hydrogens is 577 g/mol. The van der Waals surface area contributed by atoms with Crippen molar-refractivity contribution in [3.8, 4) is 0 Å². The minimum atomic E-state index is -4.66. The van der Waals surface area contributed by atoms with E-state index in [0.717, 1.165) is 91.4 Å². The van der Waals surface area contributed by atoms with Crippen LogP contribution in [-0.4, -0.2) is 57.2 Å². The monoisotopic (exact) mass is 618 g/mol. The number of aliphatic hydroxyl groups is 2. The maximum absolute atomic E-state index is 13.1. The van der Waals surface area contributed by atoms with Crippen molar-refractivity contribution in [2.75, 3.05) is 31.6 Å². The lowest BCUT2D eigenvalue weighted by atomic mass is 9.81. The van der Waals surface area contributed by atoms with Crippen LogP contribution in [0.3, 0.4) is 0 Å². The van der Waals surface area contributed by atoms with Gasteiger partial charge in [-0.15, -0.1) is 11.3 Å². The number of alkyl halides is 3. The molecule has 1 amide bonds. The van der Waals surface area contributed by atoms with Gasteiger partial charge >= 0.3 is 6.18 Å². The number of nitrogens with zero attached hydrogens (tertiary/aromatic N) is 3. The lowest BCUT2D eigenvalue weighted by Crippen LogP contribution is -2.38. The summed E-state index contributed by atoms with van der Waals surface area (Å²) in [5, 5.41) is 23.7. The minimum absolute atomic E-state index is 0.289. The highest BCUT2D eigenvalue weighted by Crippen LogP contribution is 2.41. The Morgan fingerprint density at radius 1 is 1.05 bits per heavy atom. The number of hydrogen-bond acceptors (Lipinski definition) is 7. The van der Waals surface area contributed by atoms with Gasteiger partial charge in [0.05, 0.1) is 20.8 Å². The van der Waals surface area contributed by atoms with Gasteiger partial charge in [-0.25, -0.2) is 9.97 Å². The van der Waals surface area contributed by atoms with Crippen LogP contribution < -0.4 is 5.32 Å². The molecule has 0 radical (unpaired) electrons. The molecule has 7 nitrogen and oxygen atoms in total. The van der Waals surface area contributed by atoms with E-state index in [1.165, 1.54) is 18.9 Å². The molecule has 0 unspecified atom stereocenters. The van der Waals surface area contributed by atoms with Crippen LogP contribution in [0.15, 0.2) is 30.3 Å². The van der Waals surface area contributed by atoms with Gasteiger partial charge in [-0.3, -0.25) is 4.79 Å².